The molecule has 0 aliphatic carbocycles. The summed E-state index contributed by atoms with van der Waals surface area (Å²) in [5.74, 6) is -6.64. The van der Waals surface area contributed by atoms with E-state index < -0.39 is 39.9 Å². The number of hydrogen-bond donors (Lipinski definition) is 4. The molecule has 0 aliphatic rings. The van der Waals surface area contributed by atoms with Crippen molar-refractivity contribution >= 4 is 30.5 Å². The molecule has 0 aliphatic heterocycles. The predicted molar refractivity (Wildman–Crippen MR) is 46.8 cm³/mol. The maximum Gasteiger partial charge on any atom is 0.373 e. The van der Waals surface area contributed by atoms with Crippen molar-refractivity contribution in [3.05, 3.63) is 17.1 Å². The number of furan rings is 1. The van der Waals surface area contributed by atoms with Crippen LogP contribution in [0.2, 0.25) is 0 Å². The highest BCUT2D eigenvalue weighted by Gasteiger charge is 2.30. The zero-order valence-electron chi connectivity index (χ0n) is 6.92. The summed E-state index contributed by atoms with van der Waals surface area (Å²) in [5, 5.41) is 25.7. The Balaban J connectivity index is 3.53. The van der Waals surface area contributed by atoms with Crippen molar-refractivity contribution in [1.29, 1.82) is 0 Å². The Morgan fingerprint density at radius 1 is 0.933 bits per heavy atom. The summed E-state index contributed by atoms with van der Waals surface area (Å²) in [4.78, 5) is 31.1. The van der Waals surface area contributed by atoms with Gasteiger partial charge in [-0.05, 0) is 0 Å². The summed E-state index contributed by atoms with van der Waals surface area (Å²) in [5.41, 5.74) is -0.775. The lowest BCUT2D eigenvalue weighted by Gasteiger charge is -1.91. The molecular weight excluding hydrogens is 228 g/mol. The van der Waals surface area contributed by atoms with E-state index in [1.807, 2.05) is 0 Å². The fourth-order valence-corrected chi connectivity index (χ4v) is 1.25. The van der Waals surface area contributed by atoms with Crippen LogP contribution in [0.15, 0.2) is 9.31 Å². The molecule has 0 spiro atoms. The van der Waals surface area contributed by atoms with Crippen molar-refractivity contribution < 1.29 is 34.1 Å². The molecule has 0 aromatic carbocycles. The molecule has 8 heteroatoms. The van der Waals surface area contributed by atoms with E-state index in [1.165, 1.54) is 0 Å². The lowest BCUT2D eigenvalue weighted by atomic mass is 10.2. The Bertz CT molecular complexity index is 458. The quantitative estimate of drug-likeness (QED) is 0.564. The molecule has 1 aromatic rings. The Labute approximate surface area is 87.3 Å². The van der Waals surface area contributed by atoms with Crippen LogP contribution >= 0.6 is 12.6 Å². The number of hydrogen-bond acceptors (Lipinski definition) is 5. The molecule has 0 atom stereocenters. The highest BCUT2D eigenvalue weighted by atomic mass is 32.1. The van der Waals surface area contributed by atoms with Crippen LogP contribution in [0.1, 0.15) is 31.5 Å². The van der Waals surface area contributed by atoms with Gasteiger partial charge >= 0.3 is 17.9 Å². The summed E-state index contributed by atoms with van der Waals surface area (Å²) in [7, 11) is 0. The molecule has 15 heavy (non-hydrogen) atoms. The molecule has 0 unspecified atom stereocenters. The minimum atomic E-state index is -1.67. The normalized spacial score (nSPS) is 9.93. The first-order valence-electron chi connectivity index (χ1n) is 3.42. The van der Waals surface area contributed by atoms with E-state index >= 15 is 0 Å². The van der Waals surface area contributed by atoms with Crippen LogP contribution in [0, 0.1) is 0 Å². The molecule has 1 rings (SSSR count). The van der Waals surface area contributed by atoms with Gasteiger partial charge in [0.15, 0.2) is 0 Å². The number of aromatic carboxylic acids is 3. The van der Waals surface area contributed by atoms with Gasteiger partial charge in [0.2, 0.25) is 11.5 Å². The number of carboxylic acid groups (broad SMARTS) is 3. The molecule has 0 saturated carbocycles. The molecule has 0 radical (unpaired) electrons. The fourth-order valence-electron chi connectivity index (χ4n) is 0.916. The van der Waals surface area contributed by atoms with E-state index in [2.05, 4.69) is 17.0 Å². The van der Waals surface area contributed by atoms with Gasteiger partial charge in [-0.25, -0.2) is 14.4 Å². The largest absolute Gasteiger partial charge is 0.478 e. The van der Waals surface area contributed by atoms with Crippen molar-refractivity contribution in [2.24, 2.45) is 0 Å². The van der Waals surface area contributed by atoms with Gasteiger partial charge < -0.3 is 19.7 Å². The van der Waals surface area contributed by atoms with Crippen LogP contribution in [0.4, 0.5) is 0 Å². The maximum absolute atomic E-state index is 10.6. The molecule has 0 bridgehead atoms. The number of rotatable bonds is 3. The Kier molecular flexibility index (Phi) is 2.71. The number of thiol groups is 1. The van der Waals surface area contributed by atoms with Crippen molar-refractivity contribution in [3.63, 3.8) is 0 Å². The number of carbonyl (C=O) groups is 3. The molecule has 0 amide bonds. The van der Waals surface area contributed by atoms with Gasteiger partial charge in [-0.1, -0.05) is 0 Å². The van der Waals surface area contributed by atoms with Crippen molar-refractivity contribution in [1.82, 2.24) is 0 Å². The summed E-state index contributed by atoms with van der Waals surface area (Å²) < 4.78 is 4.37. The third kappa shape index (κ3) is 1.79. The third-order valence-electron chi connectivity index (χ3n) is 1.49. The van der Waals surface area contributed by atoms with Crippen LogP contribution < -0.4 is 0 Å². The van der Waals surface area contributed by atoms with Crippen molar-refractivity contribution in [2.45, 2.75) is 4.90 Å². The highest BCUT2D eigenvalue weighted by Crippen LogP contribution is 2.26. The third-order valence-corrected chi connectivity index (χ3v) is 1.91. The smallest absolute Gasteiger partial charge is 0.373 e. The fraction of sp³-hybridized carbons (Fsp3) is 0. The SMILES string of the molecule is O=C(O)c1oc(C(=O)O)c(C(=O)O)c1S. The van der Waals surface area contributed by atoms with Gasteiger partial charge in [0.25, 0.3) is 0 Å². The van der Waals surface area contributed by atoms with Gasteiger partial charge in [0, 0.05) is 0 Å². The monoisotopic (exact) mass is 232 g/mol. The van der Waals surface area contributed by atoms with Gasteiger partial charge in [0.05, 0.1) is 4.90 Å². The topological polar surface area (TPSA) is 125 Å². The molecule has 80 valence electrons. The zero-order valence-corrected chi connectivity index (χ0v) is 7.82. The van der Waals surface area contributed by atoms with Crippen LogP contribution in [0.25, 0.3) is 0 Å². The molecule has 1 heterocycles. The van der Waals surface area contributed by atoms with Gasteiger partial charge in [0.1, 0.15) is 5.56 Å². The van der Waals surface area contributed by atoms with Crippen molar-refractivity contribution in [2.75, 3.05) is 0 Å². The van der Waals surface area contributed by atoms with Gasteiger partial charge in [-0.15, -0.1) is 12.6 Å². The van der Waals surface area contributed by atoms with E-state index in [1.54, 1.807) is 0 Å². The lowest BCUT2D eigenvalue weighted by molar-refractivity contribution is 0.0608. The van der Waals surface area contributed by atoms with Crippen LogP contribution in [-0.2, 0) is 0 Å². The molecule has 7 nitrogen and oxygen atoms in total. The predicted octanol–water partition coefficient (Wildman–Crippen LogP) is 0.663. The van der Waals surface area contributed by atoms with Crippen LogP contribution in [-0.4, -0.2) is 33.2 Å². The van der Waals surface area contributed by atoms with E-state index in [0.29, 0.717) is 0 Å². The minimum Gasteiger partial charge on any atom is -0.478 e. The highest BCUT2D eigenvalue weighted by molar-refractivity contribution is 7.80. The first-order valence-corrected chi connectivity index (χ1v) is 3.86. The van der Waals surface area contributed by atoms with Gasteiger partial charge in [-0.3, -0.25) is 0 Å². The summed E-state index contributed by atoms with van der Waals surface area (Å²) >= 11 is 3.59. The summed E-state index contributed by atoms with van der Waals surface area (Å²) in [6.45, 7) is 0. The van der Waals surface area contributed by atoms with E-state index in [9.17, 15) is 14.4 Å². The summed E-state index contributed by atoms with van der Waals surface area (Å²) in [6, 6.07) is 0. The minimum absolute atomic E-state index is 0.521. The zero-order chi connectivity index (χ0) is 11.7. The Hall–Kier alpha value is -1.96. The van der Waals surface area contributed by atoms with E-state index in [0.717, 1.165) is 0 Å². The molecular formula is C7H4O7S. The molecule has 3 N–H and O–H groups in total. The second-order valence-electron chi connectivity index (χ2n) is 2.40. The first-order chi connectivity index (χ1) is 6.86. The Morgan fingerprint density at radius 3 is 1.67 bits per heavy atom. The average Bonchev–Trinajstić information content (AvgIpc) is 2.42. The summed E-state index contributed by atoms with van der Waals surface area (Å²) in [6.07, 6.45) is 0. The van der Waals surface area contributed by atoms with Crippen LogP contribution in [0.5, 0.6) is 0 Å². The van der Waals surface area contributed by atoms with E-state index in [4.69, 9.17) is 15.3 Å². The second-order valence-corrected chi connectivity index (χ2v) is 2.85. The number of carboxylic acids is 3. The standard InChI is InChI=1S/C7H4O7S/c8-5(9)1-2(6(10)11)14-3(4(1)15)7(12)13/h15H,(H,8,9)(H,10,11)(H,12,13). The Morgan fingerprint density at radius 2 is 1.40 bits per heavy atom. The van der Waals surface area contributed by atoms with Crippen LogP contribution in [0.3, 0.4) is 0 Å². The van der Waals surface area contributed by atoms with E-state index in [-0.39, 0.29) is 0 Å². The maximum atomic E-state index is 10.6. The average molecular weight is 232 g/mol. The first kappa shape index (κ1) is 11.1. The van der Waals surface area contributed by atoms with Gasteiger partial charge in [-0.2, -0.15) is 0 Å². The molecule has 0 saturated heterocycles. The van der Waals surface area contributed by atoms with Crippen molar-refractivity contribution in [3.8, 4) is 0 Å². The molecule has 0 fully saturated rings. The lowest BCUT2D eigenvalue weighted by Crippen LogP contribution is -2.05. The second kappa shape index (κ2) is 3.65. The molecule has 1 aromatic heterocycles.